The molecule has 0 aromatic heterocycles. The number of nitrogens with zero attached hydrogens (tertiary/aromatic N) is 1. The summed E-state index contributed by atoms with van der Waals surface area (Å²) in [5, 5.41) is 21.4. The molecule has 50 heavy (non-hydrogen) atoms. The number of carboxylic acids is 1. The van der Waals surface area contributed by atoms with E-state index in [1.165, 1.54) is 6.07 Å². The average molecular weight is 768 g/mol. The number of anilines is 1. The molecule has 19 nitrogen and oxygen atoms in total. The lowest BCUT2D eigenvalue weighted by Gasteiger charge is -2.47. The summed E-state index contributed by atoms with van der Waals surface area (Å²) in [5.74, 6) is -3.77. The maximum absolute atomic E-state index is 14.3. The second kappa shape index (κ2) is 15.1. The van der Waals surface area contributed by atoms with Crippen LogP contribution in [-0.4, -0.2) is 95.2 Å². The van der Waals surface area contributed by atoms with E-state index in [4.69, 9.17) is 29.2 Å². The molecule has 0 spiro atoms. The quantitative estimate of drug-likeness (QED) is 0.0398. The van der Waals surface area contributed by atoms with Crippen molar-refractivity contribution in [3.05, 3.63) is 35.9 Å². The number of Topliss-reactive ketones (excluding diaryl/α,β-unsaturated/α-hetero) is 1. The van der Waals surface area contributed by atoms with Gasteiger partial charge in [0.15, 0.2) is 5.78 Å². The zero-order valence-electron chi connectivity index (χ0n) is 28.1. The van der Waals surface area contributed by atoms with E-state index < -0.39 is 66.1 Å². The van der Waals surface area contributed by atoms with Gasteiger partial charge < -0.3 is 20.3 Å². The van der Waals surface area contributed by atoms with E-state index in [1.807, 2.05) is 0 Å². The fourth-order valence-corrected chi connectivity index (χ4v) is 11.3. The zero-order valence-corrected chi connectivity index (χ0v) is 30.7. The average Bonchev–Trinajstić information content (AvgIpc) is 3.23. The van der Waals surface area contributed by atoms with Gasteiger partial charge in [-0.1, -0.05) is 12.1 Å². The first-order valence-corrected chi connectivity index (χ1v) is 18.8. The molecule has 2 fully saturated rings. The van der Waals surface area contributed by atoms with Gasteiger partial charge in [-0.3, -0.25) is 29.4 Å². The zero-order chi connectivity index (χ0) is 37.3. The number of aliphatic carboxylic acids is 1. The number of hydrogen-bond acceptors (Lipinski definition) is 18. The smallest absolute Gasteiger partial charge is 0.428 e. The van der Waals surface area contributed by atoms with E-state index in [1.54, 1.807) is 45.0 Å². The third-order valence-electron chi connectivity index (χ3n) is 8.28. The summed E-state index contributed by atoms with van der Waals surface area (Å²) < 4.78 is 50.9. The predicted molar refractivity (Wildman–Crippen MR) is 175 cm³/mol. The number of aliphatic hydroxyl groups is 1. The van der Waals surface area contributed by atoms with Crippen molar-refractivity contribution < 1.29 is 76.7 Å². The Hall–Kier alpha value is -2.68. The third-order valence-corrected chi connectivity index (χ3v) is 15.0. The normalized spacial score (nSPS) is 21.9. The molecule has 22 heteroatoms. The van der Waals surface area contributed by atoms with Gasteiger partial charge in [0, 0.05) is 24.0 Å². The SMILES string of the molecule is CCOc1ccc2c(NCCC(O)(P(=O)(OOC)OOC)P(=O)(OOC)OOC)cccc2c1C(=O)C1C(=O)N2C1SC(C)(C)C2(N)C(=O)O. The fourth-order valence-electron chi connectivity index (χ4n) is 5.87. The molecule has 2 heterocycles. The summed E-state index contributed by atoms with van der Waals surface area (Å²) in [5.41, 5.74) is 4.67. The van der Waals surface area contributed by atoms with Gasteiger partial charge in [0.2, 0.25) is 11.6 Å². The summed E-state index contributed by atoms with van der Waals surface area (Å²) in [7, 11) is -6.49. The van der Waals surface area contributed by atoms with Crippen LogP contribution in [0.15, 0.2) is 30.3 Å². The highest BCUT2D eigenvalue weighted by Gasteiger charge is 2.73. The Morgan fingerprint density at radius 1 is 0.980 bits per heavy atom. The number of nitrogens with two attached hydrogens (primary N) is 1. The van der Waals surface area contributed by atoms with Gasteiger partial charge in [0.25, 0.3) is 5.08 Å². The Morgan fingerprint density at radius 3 is 2.04 bits per heavy atom. The number of ketones is 1. The van der Waals surface area contributed by atoms with Crippen LogP contribution in [-0.2, 0) is 57.0 Å². The molecule has 278 valence electrons. The van der Waals surface area contributed by atoms with E-state index in [0.717, 1.165) is 45.1 Å². The van der Waals surface area contributed by atoms with E-state index in [2.05, 4.69) is 24.9 Å². The molecule has 3 unspecified atom stereocenters. The molecule has 0 bridgehead atoms. The summed E-state index contributed by atoms with van der Waals surface area (Å²) >= 11 is 1.13. The number of β-lactam (4-membered cyclic amide) rings is 1. The molecule has 2 saturated heterocycles. The maximum atomic E-state index is 14.3. The summed E-state index contributed by atoms with van der Waals surface area (Å²) in [4.78, 5) is 58.9. The molecule has 2 aromatic rings. The molecule has 0 aliphatic carbocycles. The first-order chi connectivity index (χ1) is 23.5. The molecule has 5 N–H and O–H groups in total. The molecular formula is C28H39N3O16P2S. The molecular weight excluding hydrogens is 728 g/mol. The molecule has 2 aliphatic heterocycles. The lowest BCUT2D eigenvalue weighted by molar-refractivity contribution is -0.264. The fraction of sp³-hybridized carbons (Fsp3) is 0.536. The van der Waals surface area contributed by atoms with Crippen LogP contribution in [0.5, 0.6) is 5.75 Å². The van der Waals surface area contributed by atoms with Crippen molar-refractivity contribution in [3.8, 4) is 5.75 Å². The first kappa shape index (κ1) is 40.1. The number of ether oxygens (including phenoxy) is 1. The molecule has 3 atom stereocenters. The van der Waals surface area contributed by atoms with Gasteiger partial charge in [-0.25, -0.2) is 24.3 Å². The Morgan fingerprint density at radius 2 is 1.54 bits per heavy atom. The number of nitrogens with one attached hydrogen (secondary N) is 1. The third kappa shape index (κ3) is 6.36. The maximum Gasteiger partial charge on any atom is 0.428 e. The molecule has 2 aliphatic rings. The lowest BCUT2D eigenvalue weighted by Crippen LogP contribution is -2.75. The van der Waals surface area contributed by atoms with Crippen molar-refractivity contribution in [2.24, 2.45) is 11.7 Å². The predicted octanol–water partition coefficient (Wildman–Crippen LogP) is 3.62. The highest BCUT2D eigenvalue weighted by atomic mass is 32.2. The van der Waals surface area contributed by atoms with E-state index >= 15 is 0 Å². The molecule has 2 aromatic carbocycles. The van der Waals surface area contributed by atoms with Crippen LogP contribution < -0.4 is 15.8 Å². The van der Waals surface area contributed by atoms with Crippen molar-refractivity contribution in [2.75, 3.05) is 46.9 Å². The van der Waals surface area contributed by atoms with Crippen molar-refractivity contribution in [1.82, 2.24) is 4.90 Å². The van der Waals surface area contributed by atoms with Gasteiger partial charge in [-0.2, -0.15) is 0 Å². The largest absolute Gasteiger partial charge is 0.493 e. The number of amides is 1. The standard InChI is InChI=1S/C28H39N3O16P2S/c1-8-43-19-13-12-16-17(20(19)22(32)21-23(33)31-24(21)50-26(2,3)28(31,29)25(34)35)10-9-11-18(16)30-15-14-27(36,48(37,44-39-4)45-40-5)49(38,46-41-6)47-42-7/h9-13,21,24,30,36H,8,14-15,29H2,1-7H3,(H,34,35). The first-order valence-electron chi connectivity index (χ1n) is 14.8. The summed E-state index contributed by atoms with van der Waals surface area (Å²) in [6, 6.07) is 8.02. The monoisotopic (exact) mass is 767 g/mol. The number of fused-ring (bicyclic) bond motifs is 2. The van der Waals surface area contributed by atoms with Crippen LogP contribution in [0.3, 0.4) is 0 Å². The number of thioether (sulfide) groups is 1. The van der Waals surface area contributed by atoms with E-state index in [9.17, 15) is 33.7 Å². The minimum atomic E-state index is -5.12. The van der Waals surface area contributed by atoms with Crippen molar-refractivity contribution in [3.63, 3.8) is 0 Å². The van der Waals surface area contributed by atoms with Crippen molar-refractivity contribution in [2.45, 2.75) is 48.1 Å². The van der Waals surface area contributed by atoms with Gasteiger partial charge in [-0.15, -0.1) is 30.5 Å². The minimum absolute atomic E-state index is 0.0729. The van der Waals surface area contributed by atoms with Crippen LogP contribution in [0, 0.1) is 5.92 Å². The summed E-state index contributed by atoms with van der Waals surface area (Å²) in [6.07, 6.45) is -0.772. The second-order valence-corrected chi connectivity index (χ2v) is 17.5. The molecule has 4 rings (SSSR count). The van der Waals surface area contributed by atoms with Crippen molar-refractivity contribution in [1.29, 1.82) is 0 Å². The van der Waals surface area contributed by atoms with Crippen LogP contribution in [0.25, 0.3) is 10.8 Å². The molecule has 1 amide bonds. The number of carbonyl (C=O) groups excluding carboxylic acids is 2. The van der Waals surface area contributed by atoms with E-state index in [-0.39, 0.29) is 24.5 Å². The number of hydrogen-bond donors (Lipinski definition) is 4. The van der Waals surface area contributed by atoms with Crippen LogP contribution in [0.4, 0.5) is 5.69 Å². The van der Waals surface area contributed by atoms with E-state index in [0.29, 0.717) is 16.5 Å². The highest BCUT2D eigenvalue weighted by molar-refractivity contribution is 8.01. The Balaban J connectivity index is 1.73. The minimum Gasteiger partial charge on any atom is -0.493 e. The number of carbonyl (C=O) groups is 3. The lowest BCUT2D eigenvalue weighted by atomic mass is 9.82. The van der Waals surface area contributed by atoms with Crippen LogP contribution >= 0.6 is 27.0 Å². The Bertz CT molecular complexity index is 1680. The molecule has 0 radical (unpaired) electrons. The van der Waals surface area contributed by atoms with Gasteiger partial charge in [0.1, 0.15) is 11.7 Å². The van der Waals surface area contributed by atoms with Gasteiger partial charge in [0.05, 0.1) is 50.7 Å². The van der Waals surface area contributed by atoms with Gasteiger partial charge in [-0.05, 0) is 44.4 Å². The van der Waals surface area contributed by atoms with Crippen LogP contribution in [0.2, 0.25) is 0 Å². The summed E-state index contributed by atoms with van der Waals surface area (Å²) in [6.45, 7) is 4.76. The number of rotatable bonds is 19. The van der Waals surface area contributed by atoms with Gasteiger partial charge >= 0.3 is 21.2 Å². The van der Waals surface area contributed by atoms with Crippen molar-refractivity contribution >= 4 is 61.1 Å². The number of carboxylic acid groups (broad SMARTS) is 1. The topological polar surface area (TPSA) is 250 Å². The van der Waals surface area contributed by atoms with Crippen LogP contribution in [0.1, 0.15) is 37.6 Å². The Labute approximate surface area is 290 Å². The highest BCUT2D eigenvalue weighted by Crippen LogP contribution is 2.78. The Kier molecular flexibility index (Phi) is 12.1. The molecule has 0 saturated carbocycles. The number of benzene rings is 2. The second-order valence-electron chi connectivity index (χ2n) is 11.3.